The lowest BCUT2D eigenvalue weighted by Gasteiger charge is -2.29. The van der Waals surface area contributed by atoms with Crippen LogP contribution in [0.1, 0.15) is 23.0 Å². The van der Waals surface area contributed by atoms with E-state index in [4.69, 9.17) is 4.74 Å². The molecule has 0 aliphatic carbocycles. The second kappa shape index (κ2) is 7.02. The number of nitrogens with zero attached hydrogens (tertiary/aromatic N) is 1. The van der Waals surface area contributed by atoms with Crippen LogP contribution < -0.4 is 10.1 Å². The van der Waals surface area contributed by atoms with E-state index in [-0.39, 0.29) is 11.9 Å². The first kappa shape index (κ1) is 16.9. The van der Waals surface area contributed by atoms with Gasteiger partial charge in [-0.15, -0.1) is 11.3 Å². The molecule has 0 spiro atoms. The van der Waals surface area contributed by atoms with Crippen molar-refractivity contribution >= 4 is 29.0 Å². The van der Waals surface area contributed by atoms with E-state index in [2.05, 4.69) is 17.1 Å². The van der Waals surface area contributed by atoms with E-state index in [1.54, 1.807) is 30.2 Å². The maximum Gasteiger partial charge on any atom is 0.261 e. The zero-order chi connectivity index (χ0) is 17.4. The Hall–Kier alpha value is -1.50. The molecule has 2 aliphatic rings. The lowest BCUT2D eigenvalue weighted by molar-refractivity contribution is 0.0911. The average Bonchev–Trinajstić information content (AvgIpc) is 3.34. The molecule has 2 bridgehead atoms. The quantitative estimate of drug-likeness (QED) is 0.866. The van der Waals surface area contributed by atoms with E-state index in [0.29, 0.717) is 12.0 Å². The Kier molecular flexibility index (Phi) is 4.75. The molecule has 2 aromatic rings. The molecule has 3 heterocycles. The molecule has 1 aromatic heterocycles. The van der Waals surface area contributed by atoms with Crippen molar-refractivity contribution in [1.82, 2.24) is 10.2 Å². The van der Waals surface area contributed by atoms with Gasteiger partial charge < -0.3 is 10.1 Å². The number of hydrogen-bond donors (Lipinski definition) is 1. The van der Waals surface area contributed by atoms with Gasteiger partial charge in [-0.1, -0.05) is 23.9 Å². The third-order valence-electron chi connectivity index (χ3n) is 5.24. The van der Waals surface area contributed by atoms with Crippen LogP contribution in [0.3, 0.4) is 0 Å². The van der Waals surface area contributed by atoms with Crippen LogP contribution in [-0.2, 0) is 0 Å². The number of benzene rings is 1. The number of amides is 1. The van der Waals surface area contributed by atoms with E-state index < -0.39 is 0 Å². The van der Waals surface area contributed by atoms with Gasteiger partial charge in [-0.05, 0) is 50.1 Å². The highest BCUT2D eigenvalue weighted by molar-refractivity contribution is 8.01. The lowest BCUT2D eigenvalue weighted by atomic mass is 9.94. The molecule has 0 radical (unpaired) electrons. The number of para-hydroxylation sites is 1. The first-order chi connectivity index (χ1) is 12.2. The summed E-state index contributed by atoms with van der Waals surface area (Å²) in [5.41, 5.74) is 0. The highest BCUT2D eigenvalue weighted by Crippen LogP contribution is 2.38. The molecule has 25 heavy (non-hydrogen) atoms. The molecule has 1 N–H and O–H groups in total. The van der Waals surface area contributed by atoms with Crippen molar-refractivity contribution in [1.29, 1.82) is 0 Å². The van der Waals surface area contributed by atoms with Crippen LogP contribution in [0.2, 0.25) is 0 Å². The Labute approximate surface area is 156 Å². The van der Waals surface area contributed by atoms with E-state index >= 15 is 0 Å². The van der Waals surface area contributed by atoms with Gasteiger partial charge in [0.25, 0.3) is 5.91 Å². The Balaban J connectivity index is 1.43. The highest BCUT2D eigenvalue weighted by Gasteiger charge is 2.44. The number of methoxy groups -OCH3 is 1. The molecule has 4 unspecified atom stereocenters. The maximum atomic E-state index is 12.7. The second-order valence-corrected chi connectivity index (χ2v) is 9.08. The van der Waals surface area contributed by atoms with Gasteiger partial charge in [-0.2, -0.15) is 0 Å². The Morgan fingerprint density at radius 3 is 2.92 bits per heavy atom. The molecule has 2 aliphatic heterocycles. The van der Waals surface area contributed by atoms with Crippen LogP contribution in [0.25, 0.3) is 0 Å². The third kappa shape index (κ3) is 3.30. The van der Waals surface area contributed by atoms with Gasteiger partial charge >= 0.3 is 0 Å². The van der Waals surface area contributed by atoms with Crippen molar-refractivity contribution in [3.8, 4) is 5.75 Å². The van der Waals surface area contributed by atoms with Crippen LogP contribution in [0.15, 0.2) is 45.5 Å². The molecular weight excluding hydrogens is 352 g/mol. The number of piperidine rings is 1. The lowest BCUT2D eigenvalue weighted by Crippen LogP contribution is -2.48. The molecule has 132 valence electrons. The zero-order valence-corrected chi connectivity index (χ0v) is 16.0. The second-order valence-electron chi connectivity index (χ2n) is 6.66. The van der Waals surface area contributed by atoms with E-state index in [9.17, 15) is 4.79 Å². The molecule has 4 atom stereocenters. The smallest absolute Gasteiger partial charge is 0.261 e. The number of nitrogens with one attached hydrogen (secondary N) is 1. The summed E-state index contributed by atoms with van der Waals surface area (Å²) in [4.78, 5) is 17.0. The third-order valence-corrected chi connectivity index (χ3v) is 7.52. The minimum absolute atomic E-state index is 0.0578. The van der Waals surface area contributed by atoms with E-state index in [1.165, 1.54) is 13.0 Å². The first-order valence-corrected chi connectivity index (χ1v) is 10.2. The van der Waals surface area contributed by atoms with Gasteiger partial charge in [0.05, 0.1) is 21.1 Å². The van der Waals surface area contributed by atoms with Gasteiger partial charge in [0.2, 0.25) is 0 Å². The highest BCUT2D eigenvalue weighted by atomic mass is 32.2. The molecule has 1 amide bonds. The number of thiophene rings is 1. The largest absolute Gasteiger partial charge is 0.496 e. The number of carbonyl (C=O) groups excluding carboxylic acids is 1. The number of fused-ring (bicyclic) bond motifs is 2. The molecule has 2 saturated heterocycles. The summed E-state index contributed by atoms with van der Waals surface area (Å²) in [6.07, 6.45) is 1.20. The summed E-state index contributed by atoms with van der Waals surface area (Å²) in [6, 6.07) is 12.6. The van der Waals surface area contributed by atoms with Crippen molar-refractivity contribution < 1.29 is 9.53 Å². The predicted octanol–water partition coefficient (Wildman–Crippen LogP) is 3.73. The van der Waals surface area contributed by atoms with Crippen molar-refractivity contribution in [3.05, 3.63) is 41.3 Å². The summed E-state index contributed by atoms with van der Waals surface area (Å²) in [6.45, 7) is 4.53. The number of ether oxygens (including phenoxy) is 1. The molecular formula is C19H22N2O2S2. The first-order valence-electron chi connectivity index (χ1n) is 8.61. The predicted molar refractivity (Wildman–Crippen MR) is 102 cm³/mol. The van der Waals surface area contributed by atoms with Gasteiger partial charge in [0.1, 0.15) is 5.75 Å². The fraction of sp³-hybridized carbons (Fsp3) is 0.421. The van der Waals surface area contributed by atoms with Crippen LogP contribution >= 0.6 is 23.1 Å². The fourth-order valence-corrected chi connectivity index (χ4v) is 5.97. The SMILES string of the molecule is COc1ccccc1Sc1ccc(C(=O)NC2C3CCN(C3)C2C)s1. The summed E-state index contributed by atoms with van der Waals surface area (Å²) in [5.74, 6) is 1.53. The fourth-order valence-electron chi connectivity index (χ4n) is 3.87. The number of carbonyl (C=O) groups is 1. The number of rotatable bonds is 5. The van der Waals surface area contributed by atoms with Crippen molar-refractivity contribution in [3.63, 3.8) is 0 Å². The molecule has 1 aromatic carbocycles. The monoisotopic (exact) mass is 374 g/mol. The van der Waals surface area contributed by atoms with Gasteiger partial charge in [-0.3, -0.25) is 9.69 Å². The van der Waals surface area contributed by atoms with Crippen LogP contribution in [0.5, 0.6) is 5.75 Å². The Morgan fingerprint density at radius 1 is 1.32 bits per heavy atom. The van der Waals surface area contributed by atoms with Crippen molar-refractivity contribution in [2.75, 3.05) is 20.2 Å². The molecule has 4 rings (SSSR count). The summed E-state index contributed by atoms with van der Waals surface area (Å²) < 4.78 is 6.50. The number of hydrogen-bond acceptors (Lipinski definition) is 5. The van der Waals surface area contributed by atoms with Crippen molar-refractivity contribution in [2.45, 2.75) is 34.5 Å². The minimum atomic E-state index is 0.0578. The zero-order valence-electron chi connectivity index (χ0n) is 14.4. The van der Waals surface area contributed by atoms with Gasteiger partial charge in [-0.25, -0.2) is 0 Å². The van der Waals surface area contributed by atoms with Gasteiger partial charge in [0.15, 0.2) is 0 Å². The molecule has 6 heteroatoms. The summed E-state index contributed by atoms with van der Waals surface area (Å²) in [5, 5.41) is 3.27. The molecule has 4 nitrogen and oxygen atoms in total. The normalized spacial score (nSPS) is 27.4. The van der Waals surface area contributed by atoms with Crippen molar-refractivity contribution in [2.24, 2.45) is 5.92 Å². The Morgan fingerprint density at radius 2 is 2.16 bits per heavy atom. The minimum Gasteiger partial charge on any atom is -0.496 e. The summed E-state index contributed by atoms with van der Waals surface area (Å²) in [7, 11) is 1.68. The summed E-state index contributed by atoms with van der Waals surface area (Å²) >= 11 is 3.18. The van der Waals surface area contributed by atoms with E-state index in [0.717, 1.165) is 26.3 Å². The van der Waals surface area contributed by atoms with Crippen LogP contribution in [0.4, 0.5) is 0 Å². The average molecular weight is 375 g/mol. The maximum absolute atomic E-state index is 12.7. The standard InChI is InChI=1S/C19H22N2O2S2/c1-12-18(13-9-10-21(12)11-13)20-19(22)16-7-8-17(25-16)24-15-6-4-3-5-14(15)23-2/h3-8,12-13,18H,9-11H2,1-2H3,(H,20,22). The molecule has 0 saturated carbocycles. The van der Waals surface area contributed by atoms with Crippen LogP contribution in [0, 0.1) is 5.92 Å². The van der Waals surface area contributed by atoms with E-state index in [1.807, 2.05) is 36.4 Å². The Bertz CT molecular complexity index is 774. The van der Waals surface area contributed by atoms with Crippen LogP contribution in [-0.4, -0.2) is 43.1 Å². The molecule has 2 fully saturated rings. The van der Waals surface area contributed by atoms with Gasteiger partial charge in [0, 0.05) is 18.6 Å². The topological polar surface area (TPSA) is 41.6 Å².